The van der Waals surface area contributed by atoms with Gasteiger partial charge in [0.05, 0.1) is 37.0 Å². The fourth-order valence-electron chi connectivity index (χ4n) is 2.37. The Balaban J connectivity index is 1.67. The van der Waals surface area contributed by atoms with Crippen molar-refractivity contribution in [1.29, 1.82) is 0 Å². The van der Waals surface area contributed by atoms with E-state index < -0.39 is 5.91 Å². The highest BCUT2D eigenvalue weighted by Gasteiger charge is 2.11. The van der Waals surface area contributed by atoms with Crippen LogP contribution in [0.25, 0.3) is 20.7 Å². The lowest BCUT2D eigenvalue weighted by atomic mass is 10.2. The van der Waals surface area contributed by atoms with E-state index in [0.717, 1.165) is 31.3 Å². The molecule has 0 aliphatic carbocycles. The van der Waals surface area contributed by atoms with E-state index in [9.17, 15) is 4.79 Å². The molecule has 5 nitrogen and oxygen atoms in total. The van der Waals surface area contributed by atoms with Gasteiger partial charge in [-0.3, -0.25) is 14.8 Å². The number of amides is 1. The number of carbonyl (C=O) groups is 1. The van der Waals surface area contributed by atoms with Crippen molar-refractivity contribution in [3.63, 3.8) is 0 Å². The van der Waals surface area contributed by atoms with Gasteiger partial charge in [-0.2, -0.15) is 0 Å². The fourth-order valence-corrected chi connectivity index (χ4v) is 4.17. The number of hydrogen-bond donors (Lipinski definition) is 2. The maximum Gasteiger partial charge on any atom is 0.258 e. The van der Waals surface area contributed by atoms with Gasteiger partial charge in [-0.1, -0.05) is 6.07 Å². The van der Waals surface area contributed by atoms with Crippen molar-refractivity contribution < 1.29 is 4.79 Å². The molecule has 0 radical (unpaired) electrons. The zero-order chi connectivity index (χ0) is 16.5. The van der Waals surface area contributed by atoms with Gasteiger partial charge in [-0.15, -0.1) is 22.7 Å². The molecule has 0 aliphatic heterocycles. The summed E-state index contributed by atoms with van der Waals surface area (Å²) in [6, 6.07) is 11.7. The van der Waals surface area contributed by atoms with E-state index in [4.69, 9.17) is 5.73 Å². The van der Waals surface area contributed by atoms with Crippen molar-refractivity contribution in [1.82, 2.24) is 9.97 Å². The average molecular weight is 352 g/mol. The van der Waals surface area contributed by atoms with Crippen molar-refractivity contribution in [2.75, 3.05) is 5.32 Å². The summed E-state index contributed by atoms with van der Waals surface area (Å²) >= 11 is 2.96. The third kappa shape index (κ3) is 2.75. The van der Waals surface area contributed by atoms with Gasteiger partial charge >= 0.3 is 0 Å². The van der Waals surface area contributed by atoms with Crippen LogP contribution in [0.5, 0.6) is 0 Å². The van der Waals surface area contributed by atoms with Crippen LogP contribution >= 0.6 is 22.7 Å². The summed E-state index contributed by atoms with van der Waals surface area (Å²) in [6.45, 7) is 0. The van der Waals surface area contributed by atoms with Gasteiger partial charge in [0, 0.05) is 17.8 Å². The summed E-state index contributed by atoms with van der Waals surface area (Å²) in [5.74, 6) is -0.421. The molecule has 4 aromatic rings. The predicted octanol–water partition coefficient (Wildman–Crippen LogP) is 4.26. The first-order valence-corrected chi connectivity index (χ1v) is 8.79. The lowest BCUT2D eigenvalue weighted by Crippen LogP contribution is -2.08. The third-order valence-electron chi connectivity index (χ3n) is 3.47. The Morgan fingerprint density at radius 3 is 2.83 bits per heavy atom. The maximum atomic E-state index is 11.4. The minimum Gasteiger partial charge on any atom is -0.365 e. The molecule has 0 saturated carbocycles. The molecule has 24 heavy (non-hydrogen) atoms. The summed E-state index contributed by atoms with van der Waals surface area (Å²) in [4.78, 5) is 21.6. The molecule has 4 heterocycles. The molecule has 7 heteroatoms. The number of nitrogens with two attached hydrogens (primary N) is 1. The van der Waals surface area contributed by atoms with Gasteiger partial charge in [-0.05, 0) is 30.3 Å². The van der Waals surface area contributed by atoms with Gasteiger partial charge in [0.15, 0.2) is 0 Å². The second-order valence-electron chi connectivity index (χ2n) is 5.08. The summed E-state index contributed by atoms with van der Waals surface area (Å²) in [6.07, 6.45) is 5.27. The number of aromatic nitrogens is 2. The lowest BCUT2D eigenvalue weighted by molar-refractivity contribution is 0.100. The highest BCUT2D eigenvalue weighted by molar-refractivity contribution is 7.21. The standard InChI is InChI=1S/C17H12N4OS2/c18-17(22)14-7-10-12(8-19-9-15(10)23-14)21-16-5-4-13(24-16)11-3-1-2-6-20-11/h1-9,21H,(H2,18,22). The molecule has 0 atom stereocenters. The second-order valence-corrected chi connectivity index (χ2v) is 7.25. The normalized spacial score (nSPS) is 10.8. The molecule has 0 aromatic carbocycles. The summed E-state index contributed by atoms with van der Waals surface area (Å²) in [7, 11) is 0. The van der Waals surface area contributed by atoms with Crippen LogP contribution in [-0.4, -0.2) is 15.9 Å². The minimum absolute atomic E-state index is 0.421. The number of pyridine rings is 2. The van der Waals surface area contributed by atoms with Crippen LogP contribution in [0.15, 0.2) is 55.0 Å². The summed E-state index contributed by atoms with van der Waals surface area (Å²) in [5, 5.41) is 5.30. The number of hydrogen-bond acceptors (Lipinski definition) is 6. The summed E-state index contributed by atoms with van der Waals surface area (Å²) in [5.41, 5.74) is 7.17. The second kappa shape index (κ2) is 6.03. The molecule has 4 aromatic heterocycles. The molecule has 3 N–H and O–H groups in total. The number of thiophene rings is 2. The van der Waals surface area contributed by atoms with Crippen LogP contribution in [0.4, 0.5) is 10.7 Å². The SMILES string of the molecule is NC(=O)c1cc2c(Nc3ccc(-c4ccccn4)s3)cncc2s1. The van der Waals surface area contributed by atoms with Gasteiger partial charge in [0.2, 0.25) is 0 Å². The van der Waals surface area contributed by atoms with Crippen molar-refractivity contribution >= 4 is 49.4 Å². The van der Waals surface area contributed by atoms with Crippen LogP contribution in [0.2, 0.25) is 0 Å². The van der Waals surface area contributed by atoms with Crippen molar-refractivity contribution in [2.45, 2.75) is 0 Å². The van der Waals surface area contributed by atoms with Crippen molar-refractivity contribution in [3.05, 3.63) is 59.9 Å². The number of nitrogens with zero attached hydrogens (tertiary/aromatic N) is 2. The van der Waals surface area contributed by atoms with E-state index in [2.05, 4.69) is 15.3 Å². The monoisotopic (exact) mass is 352 g/mol. The Kier molecular flexibility index (Phi) is 3.72. The molecule has 0 bridgehead atoms. The molecule has 4 rings (SSSR count). The zero-order valence-corrected chi connectivity index (χ0v) is 14.0. The Bertz CT molecular complexity index is 1020. The molecule has 0 spiro atoms. The molecule has 118 valence electrons. The Labute approximate surface area is 145 Å². The van der Waals surface area contributed by atoms with E-state index >= 15 is 0 Å². The van der Waals surface area contributed by atoms with Crippen molar-refractivity contribution in [2.24, 2.45) is 5.73 Å². The first-order chi connectivity index (χ1) is 11.7. The molecule has 0 saturated heterocycles. The fraction of sp³-hybridized carbons (Fsp3) is 0. The molecular weight excluding hydrogens is 340 g/mol. The average Bonchev–Trinajstić information content (AvgIpc) is 3.23. The Hall–Kier alpha value is -2.77. The smallest absolute Gasteiger partial charge is 0.258 e. The number of carbonyl (C=O) groups excluding carboxylic acids is 1. The summed E-state index contributed by atoms with van der Waals surface area (Å²) < 4.78 is 0.926. The van der Waals surface area contributed by atoms with Crippen LogP contribution < -0.4 is 11.1 Å². The van der Waals surface area contributed by atoms with Gasteiger partial charge in [0.1, 0.15) is 0 Å². The van der Waals surface area contributed by atoms with Gasteiger partial charge in [-0.25, -0.2) is 0 Å². The largest absolute Gasteiger partial charge is 0.365 e. The molecule has 1 amide bonds. The Morgan fingerprint density at radius 2 is 2.04 bits per heavy atom. The molecule has 0 aliphatic rings. The molecule has 0 unspecified atom stereocenters. The van der Waals surface area contributed by atoms with E-state index in [1.54, 1.807) is 36.0 Å². The Morgan fingerprint density at radius 1 is 1.12 bits per heavy atom. The highest BCUT2D eigenvalue weighted by atomic mass is 32.1. The topological polar surface area (TPSA) is 80.9 Å². The number of anilines is 2. The highest BCUT2D eigenvalue weighted by Crippen LogP contribution is 2.35. The predicted molar refractivity (Wildman–Crippen MR) is 99.0 cm³/mol. The van der Waals surface area contributed by atoms with E-state index in [1.807, 2.05) is 30.3 Å². The van der Waals surface area contributed by atoms with E-state index in [-0.39, 0.29) is 0 Å². The van der Waals surface area contributed by atoms with E-state index in [1.165, 1.54) is 11.3 Å². The van der Waals surface area contributed by atoms with Crippen molar-refractivity contribution in [3.8, 4) is 10.6 Å². The van der Waals surface area contributed by atoms with Crippen LogP contribution in [0.3, 0.4) is 0 Å². The zero-order valence-electron chi connectivity index (χ0n) is 12.4. The van der Waals surface area contributed by atoms with Crippen LogP contribution in [0.1, 0.15) is 9.67 Å². The van der Waals surface area contributed by atoms with E-state index in [0.29, 0.717) is 4.88 Å². The molecular formula is C17H12N4OS2. The number of nitrogens with one attached hydrogen (secondary N) is 1. The van der Waals surface area contributed by atoms with Crippen LogP contribution in [-0.2, 0) is 0 Å². The number of fused-ring (bicyclic) bond motifs is 1. The lowest BCUT2D eigenvalue weighted by Gasteiger charge is -2.04. The first kappa shape index (κ1) is 14.8. The van der Waals surface area contributed by atoms with Gasteiger partial charge in [0.25, 0.3) is 5.91 Å². The van der Waals surface area contributed by atoms with Crippen LogP contribution in [0, 0.1) is 0 Å². The number of rotatable bonds is 4. The minimum atomic E-state index is -0.421. The molecule has 0 fully saturated rings. The number of primary amides is 1. The maximum absolute atomic E-state index is 11.4. The van der Waals surface area contributed by atoms with Gasteiger partial charge < -0.3 is 11.1 Å². The third-order valence-corrected chi connectivity index (χ3v) is 5.58. The first-order valence-electron chi connectivity index (χ1n) is 7.16. The quantitative estimate of drug-likeness (QED) is 0.575.